The van der Waals surface area contributed by atoms with E-state index in [0.29, 0.717) is 36.9 Å². The Morgan fingerprint density at radius 1 is 0.763 bits per heavy atom. The minimum Gasteiger partial charge on any atom is -0.497 e. The maximum Gasteiger partial charge on any atom is 0.212 e. The average molecular weight is 505 g/mol. The number of benzene rings is 4. The number of carbonyl (C=O) groups is 1. The molecule has 0 atom stereocenters. The molecule has 0 aliphatic rings. The number of carbonyl (C=O) groups excluding carboxylic acids is 1. The van der Waals surface area contributed by atoms with Crippen molar-refractivity contribution in [3.05, 3.63) is 132 Å². The summed E-state index contributed by atoms with van der Waals surface area (Å²) in [5.74, 6) is 2.02. The number of hydrogen-bond acceptors (Lipinski definition) is 5. The van der Waals surface area contributed by atoms with Crippen molar-refractivity contribution in [3.8, 4) is 28.6 Å². The monoisotopic (exact) mass is 504 g/mol. The molecule has 0 aliphatic heterocycles. The number of imidazole rings is 1. The van der Waals surface area contributed by atoms with E-state index in [2.05, 4.69) is 0 Å². The summed E-state index contributed by atoms with van der Waals surface area (Å²) in [4.78, 5) is 17.9. The first-order valence-electron chi connectivity index (χ1n) is 12.4. The Morgan fingerprint density at radius 2 is 1.42 bits per heavy atom. The van der Waals surface area contributed by atoms with Gasteiger partial charge in [-0.25, -0.2) is 4.98 Å². The molecule has 38 heavy (non-hydrogen) atoms. The van der Waals surface area contributed by atoms with E-state index in [9.17, 15) is 4.79 Å². The van der Waals surface area contributed by atoms with Crippen LogP contribution in [0.1, 0.15) is 21.6 Å². The number of ether oxygens (including phenoxy) is 3. The van der Waals surface area contributed by atoms with Crippen LogP contribution in [0.15, 0.2) is 115 Å². The van der Waals surface area contributed by atoms with Crippen LogP contribution in [-0.2, 0) is 11.3 Å². The maximum atomic E-state index is 13.2. The lowest BCUT2D eigenvalue weighted by Crippen LogP contribution is -2.06. The number of nitrogens with zero attached hydrogens (tertiary/aromatic N) is 2. The van der Waals surface area contributed by atoms with E-state index in [1.165, 1.54) is 0 Å². The highest BCUT2D eigenvalue weighted by Crippen LogP contribution is 2.27. The molecule has 0 amide bonds. The molecule has 0 unspecified atom stereocenters. The van der Waals surface area contributed by atoms with Gasteiger partial charge in [0, 0.05) is 23.0 Å². The second-order valence-corrected chi connectivity index (χ2v) is 8.62. The Balaban J connectivity index is 1.32. The van der Waals surface area contributed by atoms with Gasteiger partial charge in [0.2, 0.25) is 5.78 Å². The lowest BCUT2D eigenvalue weighted by atomic mass is 10.1. The molecule has 0 N–H and O–H groups in total. The van der Waals surface area contributed by atoms with Crippen LogP contribution in [0.25, 0.3) is 17.1 Å². The average Bonchev–Trinajstić information content (AvgIpc) is 3.43. The van der Waals surface area contributed by atoms with Crippen LogP contribution in [0.3, 0.4) is 0 Å². The van der Waals surface area contributed by atoms with Crippen LogP contribution in [0.4, 0.5) is 0 Å². The Labute approximate surface area is 222 Å². The third-order valence-electron chi connectivity index (χ3n) is 6.05. The molecule has 5 aromatic rings. The first-order valence-corrected chi connectivity index (χ1v) is 12.4. The summed E-state index contributed by atoms with van der Waals surface area (Å²) in [6.45, 7) is 1.50. The zero-order valence-electron chi connectivity index (χ0n) is 21.1. The van der Waals surface area contributed by atoms with Crippen LogP contribution in [0.5, 0.6) is 11.5 Å². The Bertz CT molecular complexity index is 1460. The number of hydrogen-bond donors (Lipinski definition) is 0. The molecule has 1 heterocycles. The van der Waals surface area contributed by atoms with E-state index in [1.54, 1.807) is 25.4 Å². The molecule has 0 radical (unpaired) electrons. The Kier molecular flexibility index (Phi) is 7.92. The quantitative estimate of drug-likeness (QED) is 0.154. The van der Waals surface area contributed by atoms with Crippen molar-refractivity contribution in [1.29, 1.82) is 0 Å². The van der Waals surface area contributed by atoms with E-state index < -0.39 is 0 Å². The fourth-order valence-corrected chi connectivity index (χ4v) is 4.05. The lowest BCUT2D eigenvalue weighted by Gasteiger charge is -2.11. The Hall–Kier alpha value is -4.68. The molecule has 6 nitrogen and oxygen atoms in total. The van der Waals surface area contributed by atoms with Crippen molar-refractivity contribution in [3.63, 3.8) is 0 Å². The van der Waals surface area contributed by atoms with Crippen molar-refractivity contribution in [1.82, 2.24) is 9.55 Å². The summed E-state index contributed by atoms with van der Waals surface area (Å²) >= 11 is 0. The van der Waals surface area contributed by atoms with Crippen molar-refractivity contribution >= 4 is 5.78 Å². The summed E-state index contributed by atoms with van der Waals surface area (Å²) in [6, 6.07) is 34.6. The zero-order chi connectivity index (χ0) is 26.2. The Morgan fingerprint density at radius 3 is 2.11 bits per heavy atom. The molecule has 5 rings (SSSR count). The predicted molar refractivity (Wildman–Crippen MR) is 147 cm³/mol. The smallest absolute Gasteiger partial charge is 0.212 e. The van der Waals surface area contributed by atoms with Gasteiger partial charge in [-0.3, -0.25) is 9.36 Å². The molecule has 0 spiro atoms. The summed E-state index contributed by atoms with van der Waals surface area (Å²) in [5, 5.41) is 0. The minimum atomic E-state index is -0.130. The predicted octanol–water partition coefficient (Wildman–Crippen LogP) is 6.37. The van der Waals surface area contributed by atoms with Gasteiger partial charge in [-0.05, 0) is 54.1 Å². The molecular weight excluding hydrogens is 476 g/mol. The molecule has 1 aromatic heterocycles. The summed E-state index contributed by atoms with van der Waals surface area (Å²) < 4.78 is 18.8. The first-order chi connectivity index (χ1) is 18.7. The SMILES string of the molecule is COc1ccc(-c2nc(C(=O)c3ccccc3)cn2-c2ccc(OCCOCc3ccccc3)cc2)cc1. The topological polar surface area (TPSA) is 62.6 Å². The highest BCUT2D eigenvalue weighted by Gasteiger charge is 2.18. The fraction of sp³-hybridized carbons (Fsp3) is 0.125. The second-order valence-electron chi connectivity index (χ2n) is 8.62. The van der Waals surface area contributed by atoms with Gasteiger partial charge >= 0.3 is 0 Å². The van der Waals surface area contributed by atoms with Gasteiger partial charge in [0.25, 0.3) is 0 Å². The van der Waals surface area contributed by atoms with Crippen LogP contribution in [0, 0.1) is 0 Å². The van der Waals surface area contributed by atoms with E-state index in [1.807, 2.05) is 102 Å². The third-order valence-corrected chi connectivity index (χ3v) is 6.05. The van der Waals surface area contributed by atoms with Crippen molar-refractivity contribution in [2.45, 2.75) is 6.61 Å². The zero-order valence-corrected chi connectivity index (χ0v) is 21.1. The normalized spacial score (nSPS) is 10.8. The van der Waals surface area contributed by atoms with Crippen molar-refractivity contribution in [2.24, 2.45) is 0 Å². The van der Waals surface area contributed by atoms with Gasteiger partial charge < -0.3 is 14.2 Å². The van der Waals surface area contributed by atoms with Crippen LogP contribution >= 0.6 is 0 Å². The summed E-state index contributed by atoms with van der Waals surface area (Å²) in [7, 11) is 1.63. The molecule has 190 valence electrons. The molecule has 0 aliphatic carbocycles. The standard InChI is InChI=1S/C32H28N2O4/c1-36-28-16-12-26(13-17-28)32-33-30(31(35)25-10-6-3-7-11-25)22-34(32)27-14-18-29(19-15-27)38-21-20-37-23-24-8-4-2-5-9-24/h2-19,22H,20-21,23H2,1H3. The highest BCUT2D eigenvalue weighted by atomic mass is 16.5. The molecule has 0 saturated heterocycles. The summed E-state index contributed by atoms with van der Waals surface area (Å²) in [6.07, 6.45) is 1.78. The van der Waals surface area contributed by atoms with Crippen LogP contribution < -0.4 is 9.47 Å². The molecular formula is C32H28N2O4. The number of aromatic nitrogens is 2. The number of methoxy groups -OCH3 is 1. The second kappa shape index (κ2) is 12.0. The van der Waals surface area contributed by atoms with Crippen LogP contribution in [-0.4, -0.2) is 35.7 Å². The minimum absolute atomic E-state index is 0.130. The maximum absolute atomic E-state index is 13.2. The molecule has 0 bridgehead atoms. The van der Waals surface area contributed by atoms with Gasteiger partial charge in [0.15, 0.2) is 0 Å². The van der Waals surface area contributed by atoms with Gasteiger partial charge in [-0.1, -0.05) is 60.7 Å². The van der Waals surface area contributed by atoms with Crippen LogP contribution in [0.2, 0.25) is 0 Å². The van der Waals surface area contributed by atoms with E-state index in [0.717, 1.165) is 28.3 Å². The van der Waals surface area contributed by atoms with Gasteiger partial charge in [-0.15, -0.1) is 0 Å². The molecule has 6 heteroatoms. The third kappa shape index (κ3) is 5.99. The van der Waals surface area contributed by atoms with E-state index in [4.69, 9.17) is 19.2 Å². The van der Waals surface area contributed by atoms with Gasteiger partial charge in [-0.2, -0.15) is 0 Å². The van der Waals surface area contributed by atoms with Crippen molar-refractivity contribution < 1.29 is 19.0 Å². The molecule has 0 saturated carbocycles. The van der Waals surface area contributed by atoms with Gasteiger partial charge in [0.1, 0.15) is 29.6 Å². The highest BCUT2D eigenvalue weighted by molar-refractivity contribution is 6.08. The first kappa shape index (κ1) is 25.0. The van der Waals surface area contributed by atoms with E-state index in [-0.39, 0.29) is 5.78 Å². The molecule has 0 fully saturated rings. The van der Waals surface area contributed by atoms with Gasteiger partial charge in [0.05, 0.1) is 20.3 Å². The van der Waals surface area contributed by atoms with E-state index >= 15 is 0 Å². The number of ketones is 1. The lowest BCUT2D eigenvalue weighted by molar-refractivity contribution is 0.0889. The van der Waals surface area contributed by atoms with Crippen molar-refractivity contribution in [2.75, 3.05) is 20.3 Å². The summed E-state index contributed by atoms with van der Waals surface area (Å²) in [5.41, 5.74) is 3.83. The molecule has 4 aromatic carbocycles. The fourth-order valence-electron chi connectivity index (χ4n) is 4.05. The largest absolute Gasteiger partial charge is 0.497 e. The number of rotatable bonds is 11.